The molecule has 4 amide bonds. The minimum absolute atomic E-state index is 0.0145. The van der Waals surface area contributed by atoms with E-state index in [1.807, 2.05) is 0 Å². The van der Waals surface area contributed by atoms with Crippen LogP contribution >= 0.6 is 0 Å². The lowest BCUT2D eigenvalue weighted by molar-refractivity contribution is -0.141. The molecule has 2 heterocycles. The molecule has 2 aliphatic heterocycles. The van der Waals surface area contributed by atoms with Crippen LogP contribution in [0.4, 0.5) is 0 Å². The van der Waals surface area contributed by atoms with Crippen molar-refractivity contribution >= 4 is 23.6 Å². The molecule has 5 aliphatic carbocycles. The van der Waals surface area contributed by atoms with E-state index < -0.39 is 0 Å². The zero-order valence-corrected chi connectivity index (χ0v) is 30.0. The van der Waals surface area contributed by atoms with Crippen molar-refractivity contribution < 1.29 is 19.2 Å². The largest absolute Gasteiger partial charge is 0.353 e. The van der Waals surface area contributed by atoms with Gasteiger partial charge >= 0.3 is 0 Å². The number of likely N-dealkylation sites (tertiary alicyclic amines) is 2. The summed E-state index contributed by atoms with van der Waals surface area (Å²) in [7, 11) is 0. The molecule has 0 aromatic rings. The van der Waals surface area contributed by atoms with Gasteiger partial charge in [-0.1, -0.05) is 13.8 Å². The summed E-state index contributed by atoms with van der Waals surface area (Å²) < 4.78 is 0. The van der Waals surface area contributed by atoms with Crippen molar-refractivity contribution in [2.45, 2.75) is 153 Å². The molecule has 10 nitrogen and oxygen atoms in total. The molecule has 0 aromatic heterocycles. The lowest BCUT2D eigenvalue weighted by Gasteiger charge is -2.53. The van der Waals surface area contributed by atoms with Gasteiger partial charge in [0.05, 0.1) is 5.92 Å². The molecule has 2 bridgehead atoms. The van der Waals surface area contributed by atoms with Crippen molar-refractivity contribution in [3.05, 3.63) is 0 Å². The standard InChI is InChI=1S/C38H64N6O4/c1-3-43-23-5-7-29(25-43)34(46)39-30-13-11-28(12-14-30)35(47)42-38-20-17-37(18-21-38,19-22-38)36(48)41-31-15-9-27(10-16-31)33(45)40-32-8-6-24-44(4-2)26-32/h27-32H,3-26H2,1-2H3,(H,39,46)(H,40,45)(H,41,48)(H,42,47). The van der Waals surface area contributed by atoms with Crippen LogP contribution in [0, 0.1) is 23.2 Å². The molecule has 270 valence electrons. The summed E-state index contributed by atoms with van der Waals surface area (Å²) in [6.45, 7) is 10.4. The second kappa shape index (κ2) is 15.8. The van der Waals surface area contributed by atoms with E-state index in [9.17, 15) is 19.2 Å². The summed E-state index contributed by atoms with van der Waals surface area (Å²) >= 11 is 0. The molecule has 0 spiro atoms. The Balaban J connectivity index is 0.889. The maximum Gasteiger partial charge on any atom is 0.226 e. The summed E-state index contributed by atoms with van der Waals surface area (Å²) in [5.74, 6) is 0.953. The summed E-state index contributed by atoms with van der Waals surface area (Å²) in [6.07, 6.45) is 16.2. The molecule has 5 saturated carbocycles. The van der Waals surface area contributed by atoms with E-state index in [0.717, 1.165) is 155 Å². The summed E-state index contributed by atoms with van der Waals surface area (Å²) in [6, 6.07) is 0.606. The van der Waals surface area contributed by atoms with Crippen LogP contribution < -0.4 is 21.3 Å². The van der Waals surface area contributed by atoms with Gasteiger partial charge < -0.3 is 31.1 Å². The Morgan fingerprint density at radius 2 is 1.04 bits per heavy atom. The van der Waals surface area contributed by atoms with Crippen molar-refractivity contribution in [3.8, 4) is 0 Å². The Hall–Kier alpha value is -2.20. The molecule has 7 aliphatic rings. The summed E-state index contributed by atoms with van der Waals surface area (Å²) in [5.41, 5.74) is -0.482. The van der Waals surface area contributed by atoms with E-state index in [1.165, 1.54) is 0 Å². The van der Waals surface area contributed by atoms with E-state index >= 15 is 0 Å². The first-order valence-electron chi connectivity index (χ1n) is 19.9. The number of fused-ring (bicyclic) bond motifs is 3. The lowest BCUT2D eigenvalue weighted by Crippen LogP contribution is -2.61. The van der Waals surface area contributed by atoms with Crippen molar-refractivity contribution in [2.75, 3.05) is 39.3 Å². The van der Waals surface area contributed by atoms with Gasteiger partial charge in [-0.15, -0.1) is 0 Å². The molecule has 48 heavy (non-hydrogen) atoms. The average molecular weight is 669 g/mol. The maximum atomic E-state index is 13.7. The smallest absolute Gasteiger partial charge is 0.226 e. The van der Waals surface area contributed by atoms with Gasteiger partial charge in [0, 0.05) is 54.0 Å². The van der Waals surface area contributed by atoms with Crippen LogP contribution in [0.1, 0.15) is 129 Å². The monoisotopic (exact) mass is 668 g/mol. The average Bonchev–Trinajstić information content (AvgIpc) is 3.13. The minimum Gasteiger partial charge on any atom is -0.353 e. The lowest BCUT2D eigenvalue weighted by atomic mass is 9.56. The number of carbonyl (C=O) groups excluding carboxylic acids is 4. The number of rotatable bonds is 10. The molecule has 4 N–H and O–H groups in total. The van der Waals surface area contributed by atoms with Gasteiger partial charge in [-0.2, -0.15) is 0 Å². The quantitative estimate of drug-likeness (QED) is 0.281. The maximum absolute atomic E-state index is 13.7. The normalized spacial score (nSPS) is 37.7. The van der Waals surface area contributed by atoms with E-state index in [4.69, 9.17) is 0 Å². The predicted octanol–water partition coefficient (Wildman–Crippen LogP) is 3.88. The predicted molar refractivity (Wildman–Crippen MR) is 187 cm³/mol. The second-order valence-corrected chi connectivity index (χ2v) is 16.6. The highest BCUT2D eigenvalue weighted by atomic mass is 16.2. The first-order chi connectivity index (χ1) is 23.2. The first kappa shape index (κ1) is 35.6. The summed E-state index contributed by atoms with van der Waals surface area (Å²) in [4.78, 5) is 57.9. The molecular formula is C38H64N6O4. The Morgan fingerprint density at radius 3 is 1.65 bits per heavy atom. The Bertz CT molecular complexity index is 1120. The third-order valence-corrected chi connectivity index (χ3v) is 13.6. The van der Waals surface area contributed by atoms with E-state index in [-0.39, 0.29) is 70.5 Å². The van der Waals surface area contributed by atoms with Crippen LogP contribution in [-0.2, 0) is 19.2 Å². The third-order valence-electron chi connectivity index (χ3n) is 13.6. The highest BCUT2D eigenvalue weighted by Gasteiger charge is 2.53. The second-order valence-electron chi connectivity index (χ2n) is 16.6. The number of nitrogens with zero attached hydrogens (tertiary/aromatic N) is 2. The fourth-order valence-electron chi connectivity index (χ4n) is 10.1. The highest BCUT2D eigenvalue weighted by molar-refractivity contribution is 5.84. The van der Waals surface area contributed by atoms with Gasteiger partial charge in [0.2, 0.25) is 23.6 Å². The van der Waals surface area contributed by atoms with Crippen molar-refractivity contribution in [3.63, 3.8) is 0 Å². The number of piperidine rings is 2. The van der Waals surface area contributed by atoms with Gasteiger partial charge in [0.25, 0.3) is 0 Å². The van der Waals surface area contributed by atoms with Gasteiger partial charge in [-0.3, -0.25) is 19.2 Å². The number of hydrogen-bond donors (Lipinski definition) is 4. The number of nitrogens with one attached hydrogen (secondary N) is 4. The zero-order chi connectivity index (χ0) is 33.7. The molecule has 0 aromatic carbocycles. The fraction of sp³-hybridized carbons (Fsp3) is 0.895. The third kappa shape index (κ3) is 8.39. The fourth-order valence-corrected chi connectivity index (χ4v) is 10.1. The number of likely N-dealkylation sites (N-methyl/N-ethyl adjacent to an activating group) is 1. The van der Waals surface area contributed by atoms with Gasteiger partial charge in [0.1, 0.15) is 0 Å². The molecule has 2 unspecified atom stereocenters. The van der Waals surface area contributed by atoms with Gasteiger partial charge in [-0.25, -0.2) is 0 Å². The van der Waals surface area contributed by atoms with E-state index in [1.54, 1.807) is 0 Å². The van der Waals surface area contributed by atoms with E-state index in [2.05, 4.69) is 44.9 Å². The Kier molecular flexibility index (Phi) is 11.7. The molecule has 2 saturated heterocycles. The van der Waals surface area contributed by atoms with E-state index in [0.29, 0.717) is 0 Å². The number of amides is 4. The Labute approximate surface area is 289 Å². The van der Waals surface area contributed by atoms with Crippen molar-refractivity contribution in [2.24, 2.45) is 23.2 Å². The zero-order valence-electron chi connectivity index (χ0n) is 30.0. The molecule has 10 heteroatoms. The van der Waals surface area contributed by atoms with Crippen LogP contribution in [-0.4, -0.2) is 96.4 Å². The topological polar surface area (TPSA) is 123 Å². The van der Waals surface area contributed by atoms with Crippen molar-refractivity contribution in [1.82, 2.24) is 31.1 Å². The number of carbonyl (C=O) groups is 4. The van der Waals surface area contributed by atoms with Crippen LogP contribution in [0.5, 0.6) is 0 Å². The van der Waals surface area contributed by atoms with Gasteiger partial charge in [-0.05, 0) is 142 Å². The van der Waals surface area contributed by atoms with Crippen LogP contribution in [0.15, 0.2) is 0 Å². The van der Waals surface area contributed by atoms with Crippen LogP contribution in [0.25, 0.3) is 0 Å². The summed E-state index contributed by atoms with van der Waals surface area (Å²) in [5, 5.41) is 13.5. The highest BCUT2D eigenvalue weighted by Crippen LogP contribution is 2.53. The molecule has 7 fully saturated rings. The SMILES string of the molecule is CCN1CCCC(NC(=O)C2CCC(NC(=O)C34CCC(NC(=O)C5CCC(NC(=O)C6CCCN(CC)C6)CC5)(CC3)CC4)CC2)C1. The Morgan fingerprint density at radius 1 is 0.542 bits per heavy atom. The minimum atomic E-state index is -0.310. The molecular weight excluding hydrogens is 604 g/mol. The number of hydrogen-bond acceptors (Lipinski definition) is 6. The first-order valence-corrected chi connectivity index (χ1v) is 19.9. The molecule has 7 rings (SSSR count). The van der Waals surface area contributed by atoms with Crippen LogP contribution in [0.3, 0.4) is 0 Å². The van der Waals surface area contributed by atoms with Gasteiger partial charge in [0.15, 0.2) is 0 Å². The van der Waals surface area contributed by atoms with Crippen LogP contribution in [0.2, 0.25) is 0 Å². The molecule has 0 radical (unpaired) electrons. The molecule has 2 atom stereocenters. The van der Waals surface area contributed by atoms with Crippen molar-refractivity contribution in [1.29, 1.82) is 0 Å².